The zero-order valence-electron chi connectivity index (χ0n) is 19.0. The highest BCUT2D eigenvalue weighted by atomic mass is 16.3. The van der Waals surface area contributed by atoms with E-state index in [1.54, 1.807) is 11.0 Å². The topological polar surface area (TPSA) is 86.1 Å². The first-order valence-corrected chi connectivity index (χ1v) is 11.8. The summed E-state index contributed by atoms with van der Waals surface area (Å²) in [6, 6.07) is 9.02. The minimum absolute atomic E-state index is 0.0129. The van der Waals surface area contributed by atoms with Crippen LogP contribution in [0.2, 0.25) is 0 Å². The van der Waals surface area contributed by atoms with Crippen molar-refractivity contribution in [1.29, 1.82) is 0 Å². The van der Waals surface area contributed by atoms with Crippen LogP contribution in [0.5, 0.6) is 0 Å². The molecular formula is C25H30N4O4. The normalized spacial score (nSPS) is 20.0. The molecule has 0 radical (unpaired) electrons. The molecule has 174 valence electrons. The summed E-state index contributed by atoms with van der Waals surface area (Å²) >= 11 is 0. The molecule has 3 aliphatic rings. The molecule has 5 rings (SSSR count). The lowest BCUT2D eigenvalue weighted by Crippen LogP contribution is -2.57. The van der Waals surface area contributed by atoms with Crippen LogP contribution >= 0.6 is 0 Å². The number of hydrogen-bond donors (Lipinski definition) is 1. The monoisotopic (exact) mass is 450 g/mol. The van der Waals surface area contributed by atoms with Gasteiger partial charge in [-0.05, 0) is 69.4 Å². The highest BCUT2D eigenvalue weighted by Gasteiger charge is 2.40. The molecule has 33 heavy (non-hydrogen) atoms. The van der Waals surface area contributed by atoms with Crippen molar-refractivity contribution in [3.8, 4) is 0 Å². The van der Waals surface area contributed by atoms with Gasteiger partial charge in [-0.25, -0.2) is 0 Å². The maximum Gasteiger partial charge on any atom is 0.253 e. The summed E-state index contributed by atoms with van der Waals surface area (Å²) in [4.78, 5) is 44.8. The molecule has 0 saturated carbocycles. The summed E-state index contributed by atoms with van der Waals surface area (Å²) in [5.41, 5.74) is 2.13. The maximum atomic E-state index is 13.5. The zero-order chi connectivity index (χ0) is 22.9. The molecule has 0 unspecified atom stereocenters. The number of likely N-dealkylation sites (tertiary alicyclic amines) is 1. The first kappa shape index (κ1) is 21.6. The first-order valence-electron chi connectivity index (χ1n) is 11.8. The Bertz CT molecular complexity index is 1070. The van der Waals surface area contributed by atoms with Gasteiger partial charge < -0.3 is 19.5 Å². The second kappa shape index (κ2) is 8.92. The van der Waals surface area contributed by atoms with E-state index in [-0.39, 0.29) is 36.9 Å². The van der Waals surface area contributed by atoms with Crippen LogP contribution in [0.4, 0.5) is 11.4 Å². The number of piperidine rings is 1. The first-order chi connectivity index (χ1) is 16.0. The van der Waals surface area contributed by atoms with E-state index in [0.717, 1.165) is 63.2 Å². The Morgan fingerprint density at radius 3 is 2.58 bits per heavy atom. The van der Waals surface area contributed by atoms with Crippen LogP contribution in [-0.2, 0) is 16.1 Å². The van der Waals surface area contributed by atoms with Crippen LogP contribution < -0.4 is 15.1 Å². The van der Waals surface area contributed by atoms with Gasteiger partial charge >= 0.3 is 0 Å². The largest absolute Gasteiger partial charge is 0.465 e. The van der Waals surface area contributed by atoms with Gasteiger partial charge in [-0.2, -0.15) is 0 Å². The fourth-order valence-electron chi connectivity index (χ4n) is 5.12. The fraction of sp³-hybridized carbons (Fsp3) is 0.480. The molecule has 2 fully saturated rings. The van der Waals surface area contributed by atoms with E-state index in [0.29, 0.717) is 17.0 Å². The Labute approximate surface area is 193 Å². The van der Waals surface area contributed by atoms with E-state index in [4.69, 9.17) is 4.42 Å². The van der Waals surface area contributed by atoms with E-state index in [2.05, 4.69) is 10.2 Å². The maximum absolute atomic E-state index is 13.5. The number of furan rings is 1. The number of fused-ring (bicyclic) bond motifs is 3. The highest BCUT2D eigenvalue weighted by molar-refractivity contribution is 6.09. The molecule has 4 heterocycles. The Morgan fingerprint density at radius 1 is 1.03 bits per heavy atom. The molecule has 1 aromatic carbocycles. The van der Waals surface area contributed by atoms with Crippen LogP contribution in [-0.4, -0.2) is 54.8 Å². The highest BCUT2D eigenvalue weighted by Crippen LogP contribution is 2.40. The van der Waals surface area contributed by atoms with E-state index >= 15 is 0 Å². The molecule has 0 bridgehead atoms. The fourth-order valence-corrected chi connectivity index (χ4v) is 5.12. The third-order valence-corrected chi connectivity index (χ3v) is 6.83. The van der Waals surface area contributed by atoms with Gasteiger partial charge in [0.15, 0.2) is 0 Å². The third kappa shape index (κ3) is 4.21. The van der Waals surface area contributed by atoms with Crippen molar-refractivity contribution in [3.05, 3.63) is 47.4 Å². The lowest BCUT2D eigenvalue weighted by Gasteiger charge is -2.45. The number of carbonyl (C=O) groups excluding carboxylic acids is 3. The molecule has 1 aromatic heterocycles. The summed E-state index contributed by atoms with van der Waals surface area (Å²) < 4.78 is 5.52. The van der Waals surface area contributed by atoms with Crippen LogP contribution in [0.15, 0.2) is 34.7 Å². The number of nitrogens with one attached hydrogen (secondary N) is 1. The molecular weight excluding hydrogens is 420 g/mol. The van der Waals surface area contributed by atoms with Gasteiger partial charge in [0.2, 0.25) is 11.8 Å². The van der Waals surface area contributed by atoms with Crippen molar-refractivity contribution in [2.45, 2.75) is 51.6 Å². The number of amides is 3. The second-order valence-electron chi connectivity index (χ2n) is 9.12. The average Bonchev–Trinajstić information content (AvgIpc) is 3.51. The molecule has 2 saturated heterocycles. The minimum Gasteiger partial charge on any atom is -0.465 e. The summed E-state index contributed by atoms with van der Waals surface area (Å²) in [7, 11) is 0. The SMILES string of the molecule is Cc1ccc(CNC(=O)CN2C(=O)[C@H]3CCCCN3c3ccc(C(=O)N4CCCC4)cc32)o1. The van der Waals surface area contributed by atoms with Gasteiger partial charge in [0.25, 0.3) is 5.91 Å². The average molecular weight is 451 g/mol. The van der Waals surface area contributed by atoms with Crippen LogP contribution in [0, 0.1) is 6.92 Å². The molecule has 8 nitrogen and oxygen atoms in total. The molecule has 1 atom stereocenters. The van der Waals surface area contributed by atoms with Crippen LogP contribution in [0.1, 0.15) is 54.0 Å². The van der Waals surface area contributed by atoms with Crippen molar-refractivity contribution in [2.75, 3.05) is 36.0 Å². The summed E-state index contributed by atoms with van der Waals surface area (Å²) in [5, 5.41) is 2.85. The van der Waals surface area contributed by atoms with E-state index < -0.39 is 0 Å². The number of benzene rings is 1. The van der Waals surface area contributed by atoms with Crippen molar-refractivity contribution < 1.29 is 18.8 Å². The predicted molar refractivity (Wildman–Crippen MR) is 124 cm³/mol. The number of aryl methyl sites for hydroxylation is 1. The van der Waals surface area contributed by atoms with Crippen molar-refractivity contribution in [2.24, 2.45) is 0 Å². The minimum atomic E-state index is -0.260. The molecule has 1 N–H and O–H groups in total. The number of anilines is 2. The molecule has 0 aliphatic carbocycles. The summed E-state index contributed by atoms with van der Waals surface area (Å²) in [6.07, 6.45) is 4.83. The lowest BCUT2D eigenvalue weighted by atomic mass is 9.95. The Kier molecular flexibility index (Phi) is 5.83. The summed E-state index contributed by atoms with van der Waals surface area (Å²) in [5.74, 6) is 1.11. The smallest absolute Gasteiger partial charge is 0.253 e. The van der Waals surface area contributed by atoms with Crippen LogP contribution in [0.3, 0.4) is 0 Å². The van der Waals surface area contributed by atoms with Gasteiger partial charge in [0, 0.05) is 25.2 Å². The number of nitrogens with zero attached hydrogens (tertiary/aromatic N) is 3. The van der Waals surface area contributed by atoms with E-state index in [1.807, 2.05) is 36.1 Å². The van der Waals surface area contributed by atoms with Gasteiger partial charge in [0.05, 0.1) is 17.9 Å². The second-order valence-corrected chi connectivity index (χ2v) is 9.12. The van der Waals surface area contributed by atoms with Gasteiger partial charge in [0.1, 0.15) is 24.1 Å². The molecule has 8 heteroatoms. The third-order valence-electron chi connectivity index (χ3n) is 6.83. The quantitative estimate of drug-likeness (QED) is 0.757. The van der Waals surface area contributed by atoms with Gasteiger partial charge in [-0.1, -0.05) is 0 Å². The van der Waals surface area contributed by atoms with Gasteiger partial charge in [-0.3, -0.25) is 19.3 Å². The number of hydrogen-bond acceptors (Lipinski definition) is 5. The molecule has 2 aromatic rings. The summed E-state index contributed by atoms with van der Waals surface area (Å²) in [6.45, 7) is 4.37. The standard InChI is InChI=1S/C25H30N4O4/c1-17-7-9-19(33-17)15-26-23(30)16-29-22-14-18(24(31)27-11-4-5-12-27)8-10-20(22)28-13-3-2-6-21(28)25(29)32/h7-10,14,21H,2-6,11-13,15-16H2,1H3,(H,26,30)/t21-/m1/s1. The lowest BCUT2D eigenvalue weighted by molar-refractivity contribution is -0.125. The van der Waals surface area contributed by atoms with Crippen molar-refractivity contribution >= 4 is 29.1 Å². The predicted octanol–water partition coefficient (Wildman–Crippen LogP) is 2.85. The Balaban J connectivity index is 1.41. The molecule has 0 spiro atoms. The zero-order valence-corrected chi connectivity index (χ0v) is 19.0. The Hall–Kier alpha value is -3.29. The van der Waals surface area contributed by atoms with Crippen molar-refractivity contribution in [1.82, 2.24) is 10.2 Å². The van der Waals surface area contributed by atoms with E-state index in [1.165, 1.54) is 0 Å². The Morgan fingerprint density at radius 2 is 1.82 bits per heavy atom. The molecule has 3 aliphatic heterocycles. The van der Waals surface area contributed by atoms with Gasteiger partial charge in [-0.15, -0.1) is 0 Å². The van der Waals surface area contributed by atoms with Crippen LogP contribution in [0.25, 0.3) is 0 Å². The molecule has 3 amide bonds. The number of rotatable bonds is 5. The number of carbonyl (C=O) groups is 3. The van der Waals surface area contributed by atoms with E-state index in [9.17, 15) is 14.4 Å². The van der Waals surface area contributed by atoms with Crippen molar-refractivity contribution in [3.63, 3.8) is 0 Å².